The van der Waals surface area contributed by atoms with E-state index in [9.17, 15) is 4.79 Å². The van der Waals surface area contributed by atoms with Gasteiger partial charge in [-0.3, -0.25) is 4.79 Å². The van der Waals surface area contributed by atoms with Crippen molar-refractivity contribution in [3.05, 3.63) is 47.4 Å². The fourth-order valence-electron chi connectivity index (χ4n) is 3.95. The zero-order valence-electron chi connectivity index (χ0n) is 17.2. The van der Waals surface area contributed by atoms with Gasteiger partial charge in [-0.2, -0.15) is 0 Å². The number of aryl methyl sites for hydroxylation is 2. The molecule has 1 N–H and O–H groups in total. The van der Waals surface area contributed by atoms with Gasteiger partial charge in [0.2, 0.25) is 0 Å². The Labute approximate surface area is 172 Å². The van der Waals surface area contributed by atoms with Crippen LogP contribution in [-0.4, -0.2) is 61.3 Å². The molecule has 0 aliphatic carbocycles. The standard InChI is InChI=1S/C22H29N5O2/c1-16-5-3-6-18(13-16)26-8-10-27(11-9-26)21-14-20(24-17(2)25-21)22(28)23-15-19-7-4-12-29-19/h3,5-6,13-14,19H,4,7-12,15H2,1-2H3,(H,23,28). The fraction of sp³-hybridized carbons (Fsp3) is 0.500. The first-order chi connectivity index (χ1) is 14.1. The van der Waals surface area contributed by atoms with E-state index in [0.29, 0.717) is 18.1 Å². The van der Waals surface area contributed by atoms with Gasteiger partial charge >= 0.3 is 0 Å². The summed E-state index contributed by atoms with van der Waals surface area (Å²) in [6.45, 7) is 8.85. The van der Waals surface area contributed by atoms with Gasteiger partial charge in [0.15, 0.2) is 0 Å². The van der Waals surface area contributed by atoms with Crippen LogP contribution >= 0.6 is 0 Å². The molecule has 1 amide bonds. The Morgan fingerprint density at radius 1 is 1.14 bits per heavy atom. The molecular weight excluding hydrogens is 366 g/mol. The van der Waals surface area contributed by atoms with Gasteiger partial charge < -0.3 is 19.9 Å². The van der Waals surface area contributed by atoms with Crippen LogP contribution in [-0.2, 0) is 4.74 Å². The van der Waals surface area contributed by atoms with E-state index in [1.807, 2.05) is 6.92 Å². The first kappa shape index (κ1) is 19.6. The normalized spacial score (nSPS) is 19.4. The summed E-state index contributed by atoms with van der Waals surface area (Å²) in [5.74, 6) is 1.28. The number of ether oxygens (including phenoxy) is 1. The van der Waals surface area contributed by atoms with Crippen molar-refractivity contribution in [3.8, 4) is 0 Å². The Hall–Kier alpha value is -2.67. The molecule has 0 radical (unpaired) electrons. The number of nitrogens with one attached hydrogen (secondary N) is 1. The second-order valence-corrected chi connectivity index (χ2v) is 7.82. The number of anilines is 2. The third kappa shape index (κ3) is 4.85. The summed E-state index contributed by atoms with van der Waals surface area (Å²) < 4.78 is 5.58. The molecule has 0 saturated carbocycles. The number of amides is 1. The molecule has 1 atom stereocenters. The fourth-order valence-corrected chi connectivity index (χ4v) is 3.95. The largest absolute Gasteiger partial charge is 0.376 e. The first-order valence-electron chi connectivity index (χ1n) is 10.4. The smallest absolute Gasteiger partial charge is 0.270 e. The highest BCUT2D eigenvalue weighted by molar-refractivity contribution is 5.93. The highest BCUT2D eigenvalue weighted by atomic mass is 16.5. The molecule has 154 valence electrons. The van der Waals surface area contributed by atoms with Crippen molar-refractivity contribution in [2.75, 3.05) is 49.1 Å². The number of hydrogen-bond acceptors (Lipinski definition) is 6. The molecule has 2 aromatic rings. The molecule has 2 aliphatic rings. The lowest BCUT2D eigenvalue weighted by molar-refractivity contribution is 0.0853. The SMILES string of the molecule is Cc1cccc(N2CCN(c3cc(C(=O)NCC4CCCO4)nc(C)n3)CC2)c1. The number of rotatable bonds is 5. The van der Waals surface area contributed by atoms with Crippen LogP contribution in [0, 0.1) is 13.8 Å². The quantitative estimate of drug-likeness (QED) is 0.838. The van der Waals surface area contributed by atoms with E-state index in [2.05, 4.69) is 56.3 Å². The van der Waals surface area contributed by atoms with Gasteiger partial charge in [0.1, 0.15) is 17.3 Å². The van der Waals surface area contributed by atoms with E-state index in [-0.39, 0.29) is 12.0 Å². The summed E-state index contributed by atoms with van der Waals surface area (Å²) in [6, 6.07) is 10.4. The molecule has 2 fully saturated rings. The van der Waals surface area contributed by atoms with Crippen LogP contribution in [0.25, 0.3) is 0 Å². The van der Waals surface area contributed by atoms with Crippen LogP contribution < -0.4 is 15.1 Å². The van der Waals surface area contributed by atoms with Crippen LogP contribution in [0.1, 0.15) is 34.7 Å². The summed E-state index contributed by atoms with van der Waals surface area (Å²) in [5.41, 5.74) is 2.96. The maximum Gasteiger partial charge on any atom is 0.270 e. The van der Waals surface area contributed by atoms with Crippen molar-refractivity contribution in [1.82, 2.24) is 15.3 Å². The van der Waals surface area contributed by atoms with E-state index in [4.69, 9.17) is 4.74 Å². The minimum Gasteiger partial charge on any atom is -0.376 e. The van der Waals surface area contributed by atoms with Crippen molar-refractivity contribution in [3.63, 3.8) is 0 Å². The highest BCUT2D eigenvalue weighted by Gasteiger charge is 2.21. The Balaban J connectivity index is 1.39. The molecule has 7 heteroatoms. The van der Waals surface area contributed by atoms with Gasteiger partial charge in [-0.05, 0) is 44.4 Å². The number of carbonyl (C=O) groups excluding carboxylic acids is 1. The molecule has 4 rings (SSSR count). The predicted octanol–water partition coefficient (Wildman–Crippen LogP) is 2.33. The van der Waals surface area contributed by atoms with E-state index in [0.717, 1.165) is 51.4 Å². The average Bonchev–Trinajstić information content (AvgIpc) is 3.25. The van der Waals surface area contributed by atoms with Crippen molar-refractivity contribution >= 4 is 17.4 Å². The number of benzene rings is 1. The van der Waals surface area contributed by atoms with Gasteiger partial charge in [0.25, 0.3) is 5.91 Å². The number of piperazine rings is 1. The second kappa shape index (κ2) is 8.78. The molecule has 7 nitrogen and oxygen atoms in total. The number of carbonyl (C=O) groups is 1. The van der Waals surface area contributed by atoms with Crippen LogP contribution in [0.3, 0.4) is 0 Å². The van der Waals surface area contributed by atoms with E-state index in [1.54, 1.807) is 6.07 Å². The Morgan fingerprint density at radius 2 is 1.93 bits per heavy atom. The molecular formula is C22H29N5O2. The van der Waals surface area contributed by atoms with Crippen LogP contribution in [0.4, 0.5) is 11.5 Å². The first-order valence-corrected chi connectivity index (χ1v) is 10.4. The summed E-state index contributed by atoms with van der Waals surface area (Å²) in [6.07, 6.45) is 2.18. The Morgan fingerprint density at radius 3 is 2.66 bits per heavy atom. The molecule has 2 aliphatic heterocycles. The van der Waals surface area contributed by atoms with E-state index in [1.165, 1.54) is 11.3 Å². The number of aromatic nitrogens is 2. The summed E-state index contributed by atoms with van der Waals surface area (Å²) >= 11 is 0. The molecule has 1 aromatic carbocycles. The van der Waals surface area contributed by atoms with Crippen LogP contribution in [0.5, 0.6) is 0 Å². The van der Waals surface area contributed by atoms with Crippen molar-refractivity contribution < 1.29 is 9.53 Å². The molecule has 29 heavy (non-hydrogen) atoms. The topological polar surface area (TPSA) is 70.6 Å². The van der Waals surface area contributed by atoms with Crippen molar-refractivity contribution in [2.24, 2.45) is 0 Å². The van der Waals surface area contributed by atoms with Gasteiger partial charge in [0.05, 0.1) is 6.10 Å². The molecule has 3 heterocycles. The Kier molecular flexibility index (Phi) is 5.94. The Bertz CT molecular complexity index is 858. The number of nitrogens with zero attached hydrogens (tertiary/aromatic N) is 4. The van der Waals surface area contributed by atoms with Crippen molar-refractivity contribution in [1.29, 1.82) is 0 Å². The maximum absolute atomic E-state index is 12.6. The zero-order valence-corrected chi connectivity index (χ0v) is 17.2. The molecule has 1 unspecified atom stereocenters. The maximum atomic E-state index is 12.6. The molecule has 0 bridgehead atoms. The molecule has 2 saturated heterocycles. The molecule has 0 spiro atoms. The number of hydrogen-bond donors (Lipinski definition) is 1. The third-order valence-corrected chi connectivity index (χ3v) is 5.54. The van der Waals surface area contributed by atoms with E-state index >= 15 is 0 Å². The lowest BCUT2D eigenvalue weighted by atomic mass is 10.2. The van der Waals surface area contributed by atoms with Crippen LogP contribution in [0.15, 0.2) is 30.3 Å². The van der Waals surface area contributed by atoms with Gasteiger partial charge in [-0.1, -0.05) is 12.1 Å². The minimum atomic E-state index is -0.161. The monoisotopic (exact) mass is 395 g/mol. The summed E-state index contributed by atoms with van der Waals surface area (Å²) in [4.78, 5) is 26.1. The van der Waals surface area contributed by atoms with E-state index < -0.39 is 0 Å². The summed E-state index contributed by atoms with van der Waals surface area (Å²) in [7, 11) is 0. The van der Waals surface area contributed by atoms with Crippen LogP contribution in [0.2, 0.25) is 0 Å². The van der Waals surface area contributed by atoms with Gasteiger partial charge in [-0.15, -0.1) is 0 Å². The lowest BCUT2D eigenvalue weighted by Crippen LogP contribution is -2.47. The highest BCUT2D eigenvalue weighted by Crippen LogP contribution is 2.21. The average molecular weight is 396 g/mol. The molecule has 1 aromatic heterocycles. The minimum absolute atomic E-state index is 0.121. The third-order valence-electron chi connectivity index (χ3n) is 5.54. The summed E-state index contributed by atoms with van der Waals surface area (Å²) in [5, 5.41) is 2.95. The van der Waals surface area contributed by atoms with Gasteiger partial charge in [-0.25, -0.2) is 9.97 Å². The zero-order chi connectivity index (χ0) is 20.2. The van der Waals surface area contributed by atoms with Gasteiger partial charge in [0, 0.05) is 51.1 Å². The lowest BCUT2D eigenvalue weighted by Gasteiger charge is -2.37. The predicted molar refractivity (Wildman–Crippen MR) is 114 cm³/mol. The van der Waals surface area contributed by atoms with Crippen molar-refractivity contribution in [2.45, 2.75) is 32.8 Å². The second-order valence-electron chi connectivity index (χ2n) is 7.82.